The lowest BCUT2D eigenvalue weighted by Crippen LogP contribution is -2.58. The number of aliphatic hydroxyl groups is 1. The van der Waals surface area contributed by atoms with Crippen LogP contribution in [0.2, 0.25) is 0 Å². The molecule has 2 atom stereocenters. The molecule has 0 amide bonds. The smallest absolute Gasteiger partial charge is 0.0727 e. The topological polar surface area (TPSA) is 49.5 Å². The van der Waals surface area contributed by atoms with Gasteiger partial charge in [0.1, 0.15) is 0 Å². The van der Waals surface area contributed by atoms with Crippen molar-refractivity contribution in [1.29, 1.82) is 0 Å². The van der Waals surface area contributed by atoms with Crippen molar-refractivity contribution in [2.45, 2.75) is 31.4 Å². The molecule has 2 unspecified atom stereocenters. The number of aliphatic hydroxyl groups excluding tert-OH is 1. The van der Waals surface area contributed by atoms with Gasteiger partial charge in [-0.1, -0.05) is 12.1 Å². The van der Waals surface area contributed by atoms with Crippen molar-refractivity contribution in [3.63, 3.8) is 0 Å². The van der Waals surface area contributed by atoms with Crippen molar-refractivity contribution in [2.75, 3.05) is 18.8 Å². The van der Waals surface area contributed by atoms with Gasteiger partial charge in [0.05, 0.1) is 6.10 Å². The lowest BCUT2D eigenvalue weighted by atomic mass is 9.78. The summed E-state index contributed by atoms with van der Waals surface area (Å²) in [5, 5.41) is 10.3. The molecule has 1 aromatic rings. The third-order valence-electron chi connectivity index (χ3n) is 4.32. The predicted octanol–water partition coefficient (Wildman–Crippen LogP) is 1.27. The van der Waals surface area contributed by atoms with Gasteiger partial charge in [0.25, 0.3) is 0 Å². The first-order chi connectivity index (χ1) is 8.24. The number of fused-ring (bicyclic) bond motifs is 3. The monoisotopic (exact) mass is 232 g/mol. The molecule has 3 aliphatic heterocycles. The first kappa shape index (κ1) is 11.1. The highest BCUT2D eigenvalue weighted by atomic mass is 16.3. The van der Waals surface area contributed by atoms with Crippen molar-refractivity contribution < 1.29 is 5.11 Å². The molecular formula is C14H20N2O. The van der Waals surface area contributed by atoms with Crippen LogP contribution in [0.3, 0.4) is 0 Å². The summed E-state index contributed by atoms with van der Waals surface area (Å²) in [7, 11) is 0. The second kappa shape index (κ2) is 4.31. The molecule has 3 saturated heterocycles. The van der Waals surface area contributed by atoms with E-state index < -0.39 is 0 Å². The summed E-state index contributed by atoms with van der Waals surface area (Å²) in [6.07, 6.45) is 3.09. The first-order valence-electron chi connectivity index (χ1n) is 6.50. The molecule has 0 radical (unpaired) electrons. The third kappa shape index (κ3) is 2.05. The Morgan fingerprint density at radius 1 is 1.29 bits per heavy atom. The second-order valence-electron chi connectivity index (χ2n) is 5.38. The molecule has 4 rings (SSSR count). The highest BCUT2D eigenvalue weighted by Gasteiger charge is 2.40. The fourth-order valence-electron chi connectivity index (χ4n) is 3.33. The Hall–Kier alpha value is -1.06. The number of piperidine rings is 3. The minimum absolute atomic E-state index is 0.154. The van der Waals surface area contributed by atoms with Gasteiger partial charge in [-0.3, -0.25) is 4.90 Å². The van der Waals surface area contributed by atoms with E-state index in [1.54, 1.807) is 0 Å². The minimum Gasteiger partial charge on any atom is -0.399 e. The van der Waals surface area contributed by atoms with E-state index in [2.05, 4.69) is 11.0 Å². The van der Waals surface area contributed by atoms with Crippen LogP contribution in [0.4, 0.5) is 5.69 Å². The maximum atomic E-state index is 10.3. The average Bonchev–Trinajstić information content (AvgIpc) is 2.34. The zero-order valence-electron chi connectivity index (χ0n) is 10.0. The van der Waals surface area contributed by atoms with Crippen LogP contribution < -0.4 is 5.73 Å². The number of benzene rings is 1. The zero-order chi connectivity index (χ0) is 11.8. The number of nitrogens with two attached hydrogens (primary N) is 1. The van der Waals surface area contributed by atoms with Crippen molar-refractivity contribution in [2.24, 2.45) is 5.92 Å². The van der Waals surface area contributed by atoms with E-state index in [4.69, 9.17) is 5.73 Å². The fourth-order valence-corrected chi connectivity index (χ4v) is 3.33. The largest absolute Gasteiger partial charge is 0.399 e. The van der Waals surface area contributed by atoms with Gasteiger partial charge < -0.3 is 10.8 Å². The summed E-state index contributed by atoms with van der Waals surface area (Å²) >= 11 is 0. The number of nitrogen functional groups attached to an aromatic ring is 1. The molecule has 3 nitrogen and oxygen atoms in total. The molecule has 3 N–H and O–H groups in total. The van der Waals surface area contributed by atoms with Crippen molar-refractivity contribution in [1.82, 2.24) is 4.90 Å². The van der Waals surface area contributed by atoms with E-state index in [9.17, 15) is 5.11 Å². The Kier molecular flexibility index (Phi) is 2.81. The Bertz CT molecular complexity index is 397. The molecule has 0 spiro atoms. The molecule has 17 heavy (non-hydrogen) atoms. The number of hydrogen-bond donors (Lipinski definition) is 2. The van der Waals surface area contributed by atoms with Gasteiger partial charge in [-0.05, 0) is 56.0 Å². The molecule has 0 aromatic heterocycles. The molecular weight excluding hydrogens is 212 g/mol. The van der Waals surface area contributed by atoms with Gasteiger partial charge in [-0.2, -0.15) is 0 Å². The lowest BCUT2D eigenvalue weighted by molar-refractivity contribution is -0.0715. The summed E-state index contributed by atoms with van der Waals surface area (Å²) in [6.45, 7) is 2.30. The van der Waals surface area contributed by atoms with Gasteiger partial charge in [-0.25, -0.2) is 0 Å². The van der Waals surface area contributed by atoms with Crippen LogP contribution in [0.15, 0.2) is 24.3 Å². The first-order valence-corrected chi connectivity index (χ1v) is 6.50. The van der Waals surface area contributed by atoms with Gasteiger partial charge in [0, 0.05) is 11.7 Å². The van der Waals surface area contributed by atoms with E-state index in [0.717, 1.165) is 38.0 Å². The predicted molar refractivity (Wildman–Crippen MR) is 68.7 cm³/mol. The van der Waals surface area contributed by atoms with Crippen LogP contribution in [-0.2, 0) is 6.42 Å². The SMILES string of the molecule is Nc1cccc(CC2C(O)C3CCN2CC3)c1. The van der Waals surface area contributed by atoms with Gasteiger partial charge >= 0.3 is 0 Å². The second-order valence-corrected chi connectivity index (χ2v) is 5.38. The Morgan fingerprint density at radius 3 is 2.71 bits per heavy atom. The van der Waals surface area contributed by atoms with Gasteiger partial charge in [0.15, 0.2) is 0 Å². The standard InChI is InChI=1S/C14H20N2O/c15-12-3-1-2-10(8-12)9-13-14(17)11-4-6-16(13)7-5-11/h1-3,8,11,13-14,17H,4-7,9,15H2. The number of rotatable bonds is 2. The molecule has 2 bridgehead atoms. The molecule has 0 saturated carbocycles. The van der Waals surface area contributed by atoms with Crippen molar-refractivity contribution in [3.05, 3.63) is 29.8 Å². The quantitative estimate of drug-likeness (QED) is 0.755. The average molecular weight is 232 g/mol. The summed E-state index contributed by atoms with van der Waals surface area (Å²) in [5.74, 6) is 0.519. The summed E-state index contributed by atoms with van der Waals surface area (Å²) in [6, 6.07) is 8.33. The zero-order valence-corrected chi connectivity index (χ0v) is 10.0. The van der Waals surface area contributed by atoms with E-state index in [1.807, 2.05) is 18.2 Å². The maximum absolute atomic E-state index is 10.3. The summed E-state index contributed by atoms with van der Waals surface area (Å²) in [5.41, 5.74) is 7.85. The third-order valence-corrected chi connectivity index (χ3v) is 4.32. The lowest BCUT2D eigenvalue weighted by Gasteiger charge is -2.49. The highest BCUT2D eigenvalue weighted by molar-refractivity contribution is 5.40. The highest BCUT2D eigenvalue weighted by Crippen LogP contribution is 2.33. The van der Waals surface area contributed by atoms with E-state index >= 15 is 0 Å². The van der Waals surface area contributed by atoms with E-state index in [-0.39, 0.29) is 6.10 Å². The van der Waals surface area contributed by atoms with Crippen LogP contribution >= 0.6 is 0 Å². The fraction of sp³-hybridized carbons (Fsp3) is 0.571. The number of hydrogen-bond acceptors (Lipinski definition) is 3. The molecule has 1 aromatic carbocycles. The summed E-state index contributed by atoms with van der Waals surface area (Å²) < 4.78 is 0. The van der Waals surface area contributed by atoms with E-state index in [1.165, 1.54) is 5.56 Å². The molecule has 3 heterocycles. The van der Waals surface area contributed by atoms with Crippen LogP contribution in [0.5, 0.6) is 0 Å². The van der Waals surface area contributed by atoms with E-state index in [0.29, 0.717) is 12.0 Å². The van der Waals surface area contributed by atoms with Crippen LogP contribution in [-0.4, -0.2) is 35.2 Å². The Labute approximate surface area is 102 Å². The maximum Gasteiger partial charge on any atom is 0.0727 e. The number of anilines is 1. The van der Waals surface area contributed by atoms with Crippen LogP contribution in [0, 0.1) is 5.92 Å². The molecule has 3 heteroatoms. The Balaban J connectivity index is 1.76. The Morgan fingerprint density at radius 2 is 2.06 bits per heavy atom. The van der Waals surface area contributed by atoms with Gasteiger partial charge in [0.2, 0.25) is 0 Å². The van der Waals surface area contributed by atoms with Crippen molar-refractivity contribution >= 4 is 5.69 Å². The van der Waals surface area contributed by atoms with Crippen LogP contribution in [0.25, 0.3) is 0 Å². The molecule has 0 aliphatic carbocycles. The molecule has 3 fully saturated rings. The number of nitrogens with zero attached hydrogens (tertiary/aromatic N) is 1. The summed E-state index contributed by atoms with van der Waals surface area (Å²) in [4.78, 5) is 2.44. The normalized spacial score (nSPS) is 36.1. The molecule has 3 aliphatic rings. The molecule has 92 valence electrons. The van der Waals surface area contributed by atoms with Crippen LogP contribution in [0.1, 0.15) is 18.4 Å². The van der Waals surface area contributed by atoms with Gasteiger partial charge in [-0.15, -0.1) is 0 Å². The van der Waals surface area contributed by atoms with Crippen molar-refractivity contribution in [3.8, 4) is 0 Å². The minimum atomic E-state index is -0.154.